The Hall–Kier alpha value is -0.230. The maximum Gasteiger partial charge on any atom is 0.133 e. The molecule has 2 rings (SSSR count). The Labute approximate surface area is 105 Å². The van der Waals surface area contributed by atoms with E-state index >= 15 is 0 Å². The number of rotatable bonds is 2. The van der Waals surface area contributed by atoms with Crippen molar-refractivity contribution in [2.75, 3.05) is 0 Å². The lowest BCUT2D eigenvalue weighted by atomic mass is 10.1. The first kappa shape index (κ1) is 11.3. The van der Waals surface area contributed by atoms with Crippen molar-refractivity contribution in [3.63, 3.8) is 0 Å². The van der Waals surface area contributed by atoms with Crippen LogP contribution in [0.25, 0.3) is 9.88 Å². The van der Waals surface area contributed by atoms with Gasteiger partial charge in [-0.1, -0.05) is 0 Å². The third-order valence-corrected chi connectivity index (χ3v) is 4.55. The summed E-state index contributed by atoms with van der Waals surface area (Å²) in [6.07, 6.45) is 0. The van der Waals surface area contributed by atoms with E-state index < -0.39 is 5.60 Å². The molecule has 0 unspecified atom stereocenters. The van der Waals surface area contributed by atoms with Gasteiger partial charge in [-0.15, -0.1) is 22.7 Å². The van der Waals surface area contributed by atoms with Gasteiger partial charge in [-0.05, 0) is 41.9 Å². The molecule has 2 aromatic heterocycles. The van der Waals surface area contributed by atoms with Gasteiger partial charge < -0.3 is 5.11 Å². The predicted molar refractivity (Wildman–Crippen MR) is 68.4 cm³/mol. The van der Waals surface area contributed by atoms with Gasteiger partial charge in [0.1, 0.15) is 10.6 Å². The molecule has 80 valence electrons. The molecule has 15 heavy (non-hydrogen) atoms. The van der Waals surface area contributed by atoms with Crippen LogP contribution < -0.4 is 0 Å². The monoisotopic (exact) mass is 303 g/mol. The molecular formula is C10H10BrNOS2. The third-order valence-electron chi connectivity index (χ3n) is 1.92. The first-order valence-corrected chi connectivity index (χ1v) is 6.90. The Morgan fingerprint density at radius 3 is 2.60 bits per heavy atom. The van der Waals surface area contributed by atoms with E-state index in [0.29, 0.717) is 0 Å². The van der Waals surface area contributed by atoms with Gasteiger partial charge in [0, 0.05) is 5.38 Å². The zero-order valence-corrected chi connectivity index (χ0v) is 11.5. The molecule has 0 radical (unpaired) electrons. The average molecular weight is 304 g/mol. The van der Waals surface area contributed by atoms with E-state index in [1.807, 2.05) is 17.5 Å². The highest BCUT2D eigenvalue weighted by Crippen LogP contribution is 2.34. The SMILES string of the molecule is CC(C)(O)c1csc(-c2ccc(Br)s2)n1. The molecule has 0 aromatic carbocycles. The van der Waals surface area contributed by atoms with Crippen molar-refractivity contribution in [2.24, 2.45) is 0 Å². The van der Waals surface area contributed by atoms with Crippen molar-refractivity contribution in [3.8, 4) is 9.88 Å². The van der Waals surface area contributed by atoms with Gasteiger partial charge in [-0.2, -0.15) is 0 Å². The molecule has 5 heteroatoms. The standard InChI is InChI=1S/C10H10BrNOS2/c1-10(2,13)7-5-14-9(12-7)6-3-4-8(11)15-6/h3-5,13H,1-2H3. The second-order valence-electron chi connectivity index (χ2n) is 3.70. The van der Waals surface area contributed by atoms with Gasteiger partial charge in [-0.3, -0.25) is 0 Å². The van der Waals surface area contributed by atoms with Crippen LogP contribution >= 0.6 is 38.6 Å². The molecule has 0 aliphatic heterocycles. The Balaban J connectivity index is 2.36. The maximum absolute atomic E-state index is 9.79. The Morgan fingerprint density at radius 1 is 1.40 bits per heavy atom. The van der Waals surface area contributed by atoms with Crippen LogP contribution in [0, 0.1) is 0 Å². The summed E-state index contributed by atoms with van der Waals surface area (Å²) in [7, 11) is 0. The second-order valence-corrected chi connectivity index (χ2v) is 7.02. The fourth-order valence-electron chi connectivity index (χ4n) is 1.10. The molecule has 2 heterocycles. The quantitative estimate of drug-likeness (QED) is 0.914. The minimum absolute atomic E-state index is 0.729. The lowest BCUT2D eigenvalue weighted by Crippen LogP contribution is -2.15. The van der Waals surface area contributed by atoms with E-state index in [4.69, 9.17) is 0 Å². The van der Waals surface area contributed by atoms with Crippen molar-refractivity contribution >= 4 is 38.6 Å². The number of aliphatic hydroxyl groups is 1. The summed E-state index contributed by atoms with van der Waals surface area (Å²) >= 11 is 6.63. The van der Waals surface area contributed by atoms with Gasteiger partial charge in [0.25, 0.3) is 0 Å². The molecule has 1 N–H and O–H groups in total. The lowest BCUT2D eigenvalue weighted by molar-refractivity contribution is 0.0746. The van der Waals surface area contributed by atoms with E-state index in [0.717, 1.165) is 19.4 Å². The molecule has 0 atom stereocenters. The Kier molecular flexibility index (Phi) is 2.98. The zero-order chi connectivity index (χ0) is 11.1. The van der Waals surface area contributed by atoms with Crippen LogP contribution in [0.5, 0.6) is 0 Å². The molecule has 0 amide bonds. The van der Waals surface area contributed by atoms with Crippen LogP contribution in [0.1, 0.15) is 19.5 Å². The minimum Gasteiger partial charge on any atom is -0.384 e. The highest BCUT2D eigenvalue weighted by Gasteiger charge is 2.20. The summed E-state index contributed by atoms with van der Waals surface area (Å²) in [5, 5.41) is 12.7. The van der Waals surface area contributed by atoms with Gasteiger partial charge in [-0.25, -0.2) is 4.98 Å². The fraction of sp³-hybridized carbons (Fsp3) is 0.300. The molecule has 2 aromatic rings. The molecule has 0 saturated heterocycles. The summed E-state index contributed by atoms with van der Waals surface area (Å²) in [5.74, 6) is 0. The van der Waals surface area contributed by atoms with Crippen LogP contribution in [0.2, 0.25) is 0 Å². The van der Waals surface area contributed by atoms with Crippen LogP contribution in [-0.2, 0) is 5.60 Å². The van der Waals surface area contributed by atoms with E-state index in [-0.39, 0.29) is 0 Å². The van der Waals surface area contributed by atoms with Gasteiger partial charge >= 0.3 is 0 Å². The molecule has 0 spiro atoms. The molecule has 0 aliphatic carbocycles. The molecule has 0 saturated carbocycles. The topological polar surface area (TPSA) is 33.1 Å². The smallest absolute Gasteiger partial charge is 0.133 e. The summed E-state index contributed by atoms with van der Waals surface area (Å²) in [6, 6.07) is 4.03. The molecular weight excluding hydrogens is 294 g/mol. The number of nitrogens with zero attached hydrogens (tertiary/aromatic N) is 1. The third kappa shape index (κ3) is 2.47. The van der Waals surface area contributed by atoms with Crippen molar-refractivity contribution < 1.29 is 5.11 Å². The fourth-order valence-corrected chi connectivity index (χ4v) is 3.54. The number of aromatic nitrogens is 1. The number of hydrogen-bond donors (Lipinski definition) is 1. The average Bonchev–Trinajstić information content (AvgIpc) is 2.69. The number of halogens is 1. The molecule has 0 fully saturated rings. The van der Waals surface area contributed by atoms with Crippen molar-refractivity contribution in [1.29, 1.82) is 0 Å². The number of hydrogen-bond acceptors (Lipinski definition) is 4. The van der Waals surface area contributed by atoms with Crippen LogP contribution in [0.4, 0.5) is 0 Å². The normalized spacial score (nSPS) is 12.0. The summed E-state index contributed by atoms with van der Waals surface area (Å²) < 4.78 is 1.09. The highest BCUT2D eigenvalue weighted by molar-refractivity contribution is 9.11. The van der Waals surface area contributed by atoms with E-state index in [1.165, 1.54) is 0 Å². The van der Waals surface area contributed by atoms with E-state index in [2.05, 4.69) is 20.9 Å². The van der Waals surface area contributed by atoms with Gasteiger partial charge in [0.05, 0.1) is 14.4 Å². The van der Waals surface area contributed by atoms with Crippen LogP contribution in [-0.4, -0.2) is 10.1 Å². The first-order valence-electron chi connectivity index (χ1n) is 4.41. The second kappa shape index (κ2) is 3.97. The summed E-state index contributed by atoms with van der Waals surface area (Å²) in [5.41, 5.74) is -0.129. The Bertz CT molecular complexity index is 470. The number of thiophene rings is 1. The number of thiazole rings is 1. The van der Waals surface area contributed by atoms with E-state index in [9.17, 15) is 5.11 Å². The maximum atomic E-state index is 9.79. The predicted octanol–water partition coefficient (Wildman–Crippen LogP) is 3.86. The van der Waals surface area contributed by atoms with Crippen LogP contribution in [0.15, 0.2) is 21.3 Å². The van der Waals surface area contributed by atoms with Crippen molar-refractivity contribution in [1.82, 2.24) is 4.98 Å². The summed E-state index contributed by atoms with van der Waals surface area (Å²) in [6.45, 7) is 3.49. The van der Waals surface area contributed by atoms with E-state index in [1.54, 1.807) is 36.5 Å². The first-order chi connectivity index (χ1) is 6.97. The van der Waals surface area contributed by atoms with Crippen molar-refractivity contribution in [2.45, 2.75) is 19.4 Å². The van der Waals surface area contributed by atoms with Crippen LogP contribution in [0.3, 0.4) is 0 Å². The lowest BCUT2D eigenvalue weighted by Gasteiger charge is -2.12. The zero-order valence-electron chi connectivity index (χ0n) is 8.32. The van der Waals surface area contributed by atoms with Gasteiger partial charge in [0.15, 0.2) is 0 Å². The highest BCUT2D eigenvalue weighted by atomic mass is 79.9. The molecule has 2 nitrogen and oxygen atoms in total. The largest absolute Gasteiger partial charge is 0.384 e. The van der Waals surface area contributed by atoms with Crippen molar-refractivity contribution in [3.05, 3.63) is 27.0 Å². The molecule has 0 aliphatic rings. The minimum atomic E-state index is -0.858. The Morgan fingerprint density at radius 2 is 2.13 bits per heavy atom. The molecule has 0 bridgehead atoms. The summed E-state index contributed by atoms with van der Waals surface area (Å²) in [4.78, 5) is 5.55. The van der Waals surface area contributed by atoms with Gasteiger partial charge in [0.2, 0.25) is 0 Å².